The molecule has 0 aliphatic rings. The van der Waals surface area contributed by atoms with Gasteiger partial charge in [0, 0.05) is 12.5 Å². The van der Waals surface area contributed by atoms with Crippen molar-refractivity contribution in [3.05, 3.63) is 0 Å². The summed E-state index contributed by atoms with van der Waals surface area (Å²) in [5.41, 5.74) is -0.599. The van der Waals surface area contributed by atoms with Crippen molar-refractivity contribution in [3.63, 3.8) is 0 Å². The van der Waals surface area contributed by atoms with E-state index < -0.39 is 17.7 Å². The summed E-state index contributed by atoms with van der Waals surface area (Å²) >= 11 is 0. The summed E-state index contributed by atoms with van der Waals surface area (Å²) in [4.78, 5) is 35.0. The monoisotopic (exact) mass is 330 g/mol. The van der Waals surface area contributed by atoms with E-state index in [4.69, 9.17) is 9.47 Å². The molecule has 0 radical (unpaired) electrons. The van der Waals surface area contributed by atoms with Crippen LogP contribution in [0.2, 0.25) is 0 Å². The van der Waals surface area contributed by atoms with Gasteiger partial charge in [-0.1, -0.05) is 13.8 Å². The van der Waals surface area contributed by atoms with Crippen molar-refractivity contribution in [2.24, 2.45) is 5.92 Å². The number of nitrogens with one attached hydrogen (secondary N) is 2. The van der Waals surface area contributed by atoms with Gasteiger partial charge < -0.3 is 20.1 Å². The molecule has 0 aromatic heterocycles. The van der Waals surface area contributed by atoms with E-state index in [1.807, 2.05) is 13.8 Å². The summed E-state index contributed by atoms with van der Waals surface area (Å²) < 4.78 is 9.94. The first kappa shape index (κ1) is 21.2. The van der Waals surface area contributed by atoms with E-state index in [-0.39, 0.29) is 31.5 Å². The minimum absolute atomic E-state index is 0.0802. The number of hydrogen-bond acceptors (Lipinski definition) is 5. The summed E-state index contributed by atoms with van der Waals surface area (Å²) in [7, 11) is 0. The molecule has 0 aromatic rings. The molecule has 2 N–H and O–H groups in total. The number of ether oxygens (including phenoxy) is 2. The van der Waals surface area contributed by atoms with Gasteiger partial charge in [-0.3, -0.25) is 9.59 Å². The zero-order valence-electron chi connectivity index (χ0n) is 15.0. The molecule has 0 fully saturated rings. The van der Waals surface area contributed by atoms with Gasteiger partial charge in [-0.15, -0.1) is 0 Å². The van der Waals surface area contributed by atoms with Crippen LogP contribution in [0.1, 0.15) is 54.4 Å². The number of esters is 1. The fourth-order valence-corrected chi connectivity index (χ4v) is 1.92. The molecule has 0 saturated carbocycles. The Labute approximate surface area is 138 Å². The van der Waals surface area contributed by atoms with Gasteiger partial charge in [0.2, 0.25) is 5.91 Å². The van der Waals surface area contributed by atoms with Crippen molar-refractivity contribution in [1.29, 1.82) is 0 Å². The van der Waals surface area contributed by atoms with Crippen LogP contribution in [0, 0.1) is 5.92 Å². The minimum Gasteiger partial charge on any atom is -0.465 e. The molecule has 0 rings (SSSR count). The number of rotatable bonds is 8. The number of hydrogen-bond donors (Lipinski definition) is 2. The Morgan fingerprint density at radius 3 is 2.22 bits per heavy atom. The summed E-state index contributed by atoms with van der Waals surface area (Å²) in [6.07, 6.45) is 0.157. The highest BCUT2D eigenvalue weighted by atomic mass is 16.6. The van der Waals surface area contributed by atoms with Crippen molar-refractivity contribution >= 4 is 18.0 Å². The van der Waals surface area contributed by atoms with Gasteiger partial charge in [0.15, 0.2) is 0 Å². The Morgan fingerprint density at radius 1 is 1.13 bits per heavy atom. The molecule has 7 nitrogen and oxygen atoms in total. The topological polar surface area (TPSA) is 93.7 Å². The Bertz CT molecular complexity index is 402. The van der Waals surface area contributed by atoms with Crippen molar-refractivity contribution < 1.29 is 23.9 Å². The van der Waals surface area contributed by atoms with E-state index in [1.165, 1.54) is 0 Å². The Balaban J connectivity index is 4.46. The van der Waals surface area contributed by atoms with Gasteiger partial charge >= 0.3 is 12.1 Å². The van der Waals surface area contributed by atoms with Gasteiger partial charge in [-0.2, -0.15) is 0 Å². The van der Waals surface area contributed by atoms with Gasteiger partial charge in [0.25, 0.3) is 0 Å². The molecular formula is C16H30N2O5. The van der Waals surface area contributed by atoms with Crippen LogP contribution in [-0.4, -0.2) is 42.8 Å². The van der Waals surface area contributed by atoms with E-state index >= 15 is 0 Å². The highest BCUT2D eigenvalue weighted by Gasteiger charge is 2.22. The standard InChI is InChI=1S/C16H30N2O5/c1-7-22-14(20)10-17-13(19)9-12(8-11(2)3)18-15(21)23-16(4,5)6/h11-12H,7-10H2,1-6H3,(H,17,19)(H,18,21). The fourth-order valence-electron chi connectivity index (χ4n) is 1.92. The second-order valence-electron chi connectivity index (χ2n) is 6.76. The van der Waals surface area contributed by atoms with Gasteiger partial charge in [-0.25, -0.2) is 4.79 Å². The third kappa shape index (κ3) is 12.4. The predicted molar refractivity (Wildman–Crippen MR) is 86.9 cm³/mol. The molecule has 1 atom stereocenters. The van der Waals surface area contributed by atoms with Crippen molar-refractivity contribution in [2.75, 3.05) is 13.2 Å². The third-order valence-electron chi connectivity index (χ3n) is 2.64. The van der Waals surface area contributed by atoms with E-state index in [0.717, 1.165) is 0 Å². The number of carbonyl (C=O) groups is 3. The molecule has 0 bridgehead atoms. The van der Waals surface area contributed by atoms with Crippen LogP contribution in [0.25, 0.3) is 0 Å². The number of carbonyl (C=O) groups excluding carboxylic acids is 3. The second kappa shape index (κ2) is 10.1. The van der Waals surface area contributed by atoms with Crippen molar-refractivity contribution in [1.82, 2.24) is 10.6 Å². The highest BCUT2D eigenvalue weighted by molar-refractivity contribution is 5.82. The summed E-state index contributed by atoms with van der Waals surface area (Å²) in [5, 5.41) is 5.20. The third-order valence-corrected chi connectivity index (χ3v) is 2.64. The lowest BCUT2D eigenvalue weighted by atomic mass is 10.0. The van der Waals surface area contributed by atoms with Gasteiger partial charge in [-0.05, 0) is 40.0 Å². The second-order valence-corrected chi connectivity index (χ2v) is 6.76. The Morgan fingerprint density at radius 2 is 1.74 bits per heavy atom. The maximum Gasteiger partial charge on any atom is 0.407 e. The molecule has 2 amide bonds. The van der Waals surface area contributed by atoms with Crippen molar-refractivity contribution in [2.45, 2.75) is 66.0 Å². The summed E-state index contributed by atoms with van der Waals surface area (Å²) in [6.45, 7) is 11.1. The summed E-state index contributed by atoms with van der Waals surface area (Å²) in [6, 6.07) is -0.355. The maximum atomic E-state index is 11.9. The zero-order valence-corrected chi connectivity index (χ0v) is 15.0. The molecular weight excluding hydrogens is 300 g/mol. The predicted octanol–water partition coefficient (Wildman–Crippen LogP) is 2.00. The lowest BCUT2D eigenvalue weighted by Crippen LogP contribution is -2.43. The first-order valence-corrected chi connectivity index (χ1v) is 7.95. The van der Waals surface area contributed by atoms with Gasteiger partial charge in [0.05, 0.1) is 6.61 Å². The minimum atomic E-state index is -0.599. The van der Waals surface area contributed by atoms with Gasteiger partial charge in [0.1, 0.15) is 12.1 Å². The molecule has 0 aliphatic carbocycles. The van der Waals surface area contributed by atoms with Crippen LogP contribution in [0.4, 0.5) is 4.79 Å². The average molecular weight is 330 g/mol. The average Bonchev–Trinajstić information content (AvgIpc) is 2.33. The normalized spacial score (nSPS) is 12.5. The van der Waals surface area contributed by atoms with E-state index in [1.54, 1.807) is 27.7 Å². The van der Waals surface area contributed by atoms with Crippen molar-refractivity contribution in [3.8, 4) is 0 Å². The van der Waals surface area contributed by atoms with E-state index in [0.29, 0.717) is 12.3 Å². The summed E-state index contributed by atoms with van der Waals surface area (Å²) in [5.74, 6) is -0.506. The van der Waals surface area contributed by atoms with Crippen LogP contribution in [0.5, 0.6) is 0 Å². The number of alkyl carbamates (subject to hydrolysis) is 1. The molecule has 1 unspecified atom stereocenters. The highest BCUT2D eigenvalue weighted by Crippen LogP contribution is 2.11. The van der Waals surface area contributed by atoms with E-state index in [2.05, 4.69) is 10.6 Å². The van der Waals surface area contributed by atoms with Crippen LogP contribution >= 0.6 is 0 Å². The SMILES string of the molecule is CCOC(=O)CNC(=O)CC(CC(C)C)NC(=O)OC(C)(C)C. The largest absolute Gasteiger partial charge is 0.465 e. The molecule has 134 valence electrons. The molecule has 0 aromatic carbocycles. The maximum absolute atomic E-state index is 11.9. The first-order chi connectivity index (χ1) is 10.5. The van der Waals surface area contributed by atoms with Crippen LogP contribution in [0.3, 0.4) is 0 Å². The number of amides is 2. The molecule has 0 aliphatic heterocycles. The van der Waals surface area contributed by atoms with E-state index in [9.17, 15) is 14.4 Å². The quantitative estimate of drug-likeness (QED) is 0.664. The molecule has 7 heteroatoms. The van der Waals surface area contributed by atoms with Crippen LogP contribution < -0.4 is 10.6 Å². The lowest BCUT2D eigenvalue weighted by Gasteiger charge is -2.24. The Kier molecular flexibility index (Phi) is 9.29. The smallest absolute Gasteiger partial charge is 0.407 e. The molecule has 0 saturated heterocycles. The Hall–Kier alpha value is -1.79. The first-order valence-electron chi connectivity index (χ1n) is 7.95. The van der Waals surface area contributed by atoms with Crippen LogP contribution in [-0.2, 0) is 19.1 Å². The zero-order chi connectivity index (χ0) is 18.0. The molecule has 0 heterocycles. The molecule has 0 spiro atoms. The molecule has 23 heavy (non-hydrogen) atoms. The van der Waals surface area contributed by atoms with Crippen LogP contribution in [0.15, 0.2) is 0 Å². The fraction of sp³-hybridized carbons (Fsp3) is 0.812. The lowest BCUT2D eigenvalue weighted by molar-refractivity contribution is -0.143.